The Balaban J connectivity index is 1.64. The Kier molecular flexibility index (Phi) is 4.52. The zero-order chi connectivity index (χ0) is 20.6. The second kappa shape index (κ2) is 7.35. The molecule has 0 saturated heterocycles. The summed E-state index contributed by atoms with van der Waals surface area (Å²) < 4.78 is 28.2. The Morgan fingerprint density at radius 1 is 0.833 bits per heavy atom. The minimum atomic E-state index is -3.72. The molecule has 5 rings (SSSR count). The van der Waals surface area contributed by atoms with E-state index in [0.717, 1.165) is 33.2 Å². The van der Waals surface area contributed by atoms with Crippen LogP contribution in [0.15, 0.2) is 96.7 Å². The van der Waals surface area contributed by atoms with Crippen LogP contribution in [0.3, 0.4) is 0 Å². The minimum absolute atomic E-state index is 0.451. The maximum Gasteiger partial charge on any atom is 0.257 e. The molecule has 1 atom stereocenters. The number of sulfonamides is 1. The van der Waals surface area contributed by atoms with E-state index in [4.69, 9.17) is 0 Å². The molecule has 0 bridgehead atoms. The molecule has 1 aliphatic rings. The Morgan fingerprint density at radius 3 is 2.43 bits per heavy atom. The number of aromatic nitrogens is 1. The molecular weight excluding hydrogens is 392 g/mol. The quantitative estimate of drug-likeness (QED) is 0.478. The van der Waals surface area contributed by atoms with Crippen molar-refractivity contribution in [3.8, 4) is 0 Å². The monoisotopic (exact) mass is 412 g/mol. The van der Waals surface area contributed by atoms with Gasteiger partial charge in [-0.15, -0.1) is 0 Å². The van der Waals surface area contributed by atoms with Crippen molar-refractivity contribution in [1.82, 2.24) is 9.29 Å². The van der Waals surface area contributed by atoms with Crippen LogP contribution >= 0.6 is 0 Å². The number of fused-ring (bicyclic) bond motifs is 2. The molecule has 0 radical (unpaired) electrons. The number of H-pyrrole nitrogens is 1. The topological polar surface area (TPSA) is 53.2 Å². The second-order valence-electron chi connectivity index (χ2n) is 7.23. The van der Waals surface area contributed by atoms with Crippen LogP contribution in [-0.4, -0.2) is 17.7 Å². The predicted molar refractivity (Wildman–Crippen MR) is 122 cm³/mol. The summed E-state index contributed by atoms with van der Waals surface area (Å²) in [4.78, 5) is 3.28. The van der Waals surface area contributed by atoms with E-state index in [9.17, 15) is 8.42 Å². The van der Waals surface area contributed by atoms with Gasteiger partial charge in [-0.3, -0.25) is 4.31 Å². The molecule has 1 N–H and O–H groups in total. The van der Waals surface area contributed by atoms with Gasteiger partial charge >= 0.3 is 0 Å². The van der Waals surface area contributed by atoms with Crippen molar-refractivity contribution in [1.29, 1.82) is 0 Å². The maximum atomic E-state index is 13.4. The summed E-state index contributed by atoms with van der Waals surface area (Å²) in [6.07, 6.45) is 7.07. The van der Waals surface area contributed by atoms with E-state index in [-0.39, 0.29) is 0 Å². The van der Waals surface area contributed by atoms with Crippen molar-refractivity contribution < 1.29 is 8.42 Å². The molecule has 1 aromatic heterocycles. The summed E-state index contributed by atoms with van der Waals surface area (Å²) >= 11 is 0. The van der Waals surface area contributed by atoms with E-state index >= 15 is 0 Å². The highest BCUT2D eigenvalue weighted by atomic mass is 32.2. The highest BCUT2D eigenvalue weighted by molar-refractivity contribution is 7.92. The molecule has 0 saturated carbocycles. The summed E-state index contributed by atoms with van der Waals surface area (Å²) in [6, 6.07) is 24.9. The molecule has 4 aromatic rings. The standard InChI is InChI=1S/C25H20N2O2S/c28-30(29,17-15-19-8-2-1-3-9-19)27-16-14-20-10-4-5-11-21(20)25(27)23-18-26-24-13-7-6-12-22(23)24/h1-18,25-26H. The highest BCUT2D eigenvalue weighted by Gasteiger charge is 2.33. The molecule has 5 heteroatoms. The molecule has 3 aromatic carbocycles. The molecular formula is C25H20N2O2S. The molecule has 30 heavy (non-hydrogen) atoms. The lowest BCUT2D eigenvalue weighted by Crippen LogP contribution is -2.31. The van der Waals surface area contributed by atoms with Crippen LogP contribution in [0, 0.1) is 0 Å². The second-order valence-corrected chi connectivity index (χ2v) is 8.95. The largest absolute Gasteiger partial charge is 0.361 e. The molecule has 0 aliphatic carbocycles. The number of nitrogens with zero attached hydrogens (tertiary/aromatic N) is 1. The Hall–Kier alpha value is -3.57. The van der Waals surface area contributed by atoms with Crippen molar-refractivity contribution in [3.05, 3.63) is 119 Å². The van der Waals surface area contributed by atoms with E-state index in [1.807, 2.05) is 91.1 Å². The first-order chi connectivity index (χ1) is 14.6. The number of hydrogen-bond acceptors (Lipinski definition) is 2. The van der Waals surface area contributed by atoms with Gasteiger partial charge in [-0.05, 0) is 34.9 Å². The number of rotatable bonds is 4. The smallest absolute Gasteiger partial charge is 0.257 e. The Labute approximate surface area is 175 Å². The average molecular weight is 413 g/mol. The van der Waals surface area contributed by atoms with Crippen LogP contribution in [0.2, 0.25) is 0 Å². The Morgan fingerprint density at radius 2 is 1.57 bits per heavy atom. The predicted octanol–water partition coefficient (Wildman–Crippen LogP) is 5.54. The van der Waals surface area contributed by atoms with Crippen LogP contribution in [0.5, 0.6) is 0 Å². The third-order valence-electron chi connectivity index (χ3n) is 5.39. The van der Waals surface area contributed by atoms with E-state index in [2.05, 4.69) is 4.98 Å². The third kappa shape index (κ3) is 3.23. The van der Waals surface area contributed by atoms with E-state index in [0.29, 0.717) is 0 Å². The van der Waals surface area contributed by atoms with Gasteiger partial charge in [0.15, 0.2) is 0 Å². The summed E-state index contributed by atoms with van der Waals surface area (Å²) in [5.74, 6) is 0. The number of nitrogens with one attached hydrogen (secondary N) is 1. The molecule has 4 nitrogen and oxygen atoms in total. The van der Waals surface area contributed by atoms with Crippen molar-refractivity contribution in [2.45, 2.75) is 6.04 Å². The van der Waals surface area contributed by atoms with Gasteiger partial charge in [-0.25, -0.2) is 8.42 Å². The molecule has 0 fully saturated rings. The maximum absolute atomic E-state index is 13.4. The van der Waals surface area contributed by atoms with Crippen LogP contribution in [0.1, 0.15) is 28.3 Å². The van der Waals surface area contributed by atoms with Crippen LogP contribution in [-0.2, 0) is 10.0 Å². The van der Waals surface area contributed by atoms with Gasteiger partial charge in [-0.2, -0.15) is 0 Å². The summed E-state index contributed by atoms with van der Waals surface area (Å²) in [5.41, 5.74) is 4.73. The molecule has 2 heterocycles. The fourth-order valence-corrected chi connectivity index (χ4v) is 5.17. The molecule has 0 amide bonds. The lowest BCUT2D eigenvalue weighted by Gasteiger charge is -2.33. The van der Waals surface area contributed by atoms with Crippen molar-refractivity contribution in [3.63, 3.8) is 0 Å². The number of aromatic amines is 1. The fraction of sp³-hybridized carbons (Fsp3) is 0.0400. The average Bonchev–Trinajstić information content (AvgIpc) is 3.21. The molecule has 1 unspecified atom stereocenters. The van der Waals surface area contributed by atoms with Gasteiger partial charge in [0.25, 0.3) is 10.0 Å². The number of hydrogen-bond donors (Lipinski definition) is 1. The Bertz CT molecular complexity index is 1370. The first-order valence-electron chi connectivity index (χ1n) is 9.73. The highest BCUT2D eigenvalue weighted by Crippen LogP contribution is 2.40. The summed E-state index contributed by atoms with van der Waals surface area (Å²) in [5, 5.41) is 2.29. The molecule has 1 aliphatic heterocycles. The number of para-hydroxylation sites is 1. The number of benzene rings is 3. The van der Waals surface area contributed by atoms with Crippen molar-refractivity contribution in [2.24, 2.45) is 0 Å². The van der Waals surface area contributed by atoms with Crippen molar-refractivity contribution in [2.75, 3.05) is 0 Å². The molecule has 148 valence electrons. The first-order valence-corrected chi connectivity index (χ1v) is 11.2. The lowest BCUT2D eigenvalue weighted by molar-refractivity contribution is 0.456. The van der Waals surface area contributed by atoms with E-state index < -0.39 is 16.1 Å². The fourth-order valence-electron chi connectivity index (χ4n) is 3.94. The van der Waals surface area contributed by atoms with E-state index in [1.165, 1.54) is 9.71 Å². The van der Waals surface area contributed by atoms with Crippen LogP contribution < -0.4 is 0 Å². The van der Waals surface area contributed by atoms with Gasteiger partial charge < -0.3 is 4.98 Å². The van der Waals surface area contributed by atoms with Gasteiger partial charge in [0, 0.05) is 28.9 Å². The van der Waals surface area contributed by atoms with Gasteiger partial charge in [0.1, 0.15) is 0 Å². The lowest BCUT2D eigenvalue weighted by atomic mass is 9.92. The van der Waals surface area contributed by atoms with Gasteiger partial charge in [-0.1, -0.05) is 72.8 Å². The van der Waals surface area contributed by atoms with E-state index in [1.54, 1.807) is 12.3 Å². The van der Waals surface area contributed by atoms with Crippen molar-refractivity contribution >= 4 is 33.1 Å². The molecule has 0 spiro atoms. The first kappa shape index (κ1) is 18.5. The van der Waals surface area contributed by atoms with Gasteiger partial charge in [0.2, 0.25) is 0 Å². The van der Waals surface area contributed by atoms with Crippen LogP contribution in [0.4, 0.5) is 0 Å². The SMILES string of the molecule is O=S(=O)(C=Cc1ccccc1)N1C=Cc2ccccc2C1c1c[nH]c2ccccc12. The zero-order valence-corrected chi connectivity index (χ0v) is 17.0. The van der Waals surface area contributed by atoms with Crippen LogP contribution in [0.25, 0.3) is 23.1 Å². The zero-order valence-electron chi connectivity index (χ0n) is 16.1. The summed E-state index contributed by atoms with van der Waals surface area (Å²) in [6.45, 7) is 0. The normalized spacial score (nSPS) is 16.3. The summed E-state index contributed by atoms with van der Waals surface area (Å²) in [7, 11) is -3.72. The van der Waals surface area contributed by atoms with Gasteiger partial charge in [0.05, 0.1) is 11.4 Å². The minimum Gasteiger partial charge on any atom is -0.361 e. The third-order valence-corrected chi connectivity index (χ3v) is 6.79.